The van der Waals surface area contributed by atoms with Crippen LogP contribution in [-0.2, 0) is 6.42 Å². The van der Waals surface area contributed by atoms with Crippen molar-refractivity contribution >= 4 is 17.2 Å². The summed E-state index contributed by atoms with van der Waals surface area (Å²) >= 11 is 1.58. The number of hydrogen-bond acceptors (Lipinski definition) is 4. The van der Waals surface area contributed by atoms with Gasteiger partial charge in [-0.05, 0) is 53.3 Å². The molecule has 0 saturated heterocycles. The topological polar surface area (TPSA) is 38.8 Å². The molecule has 1 aliphatic rings. The summed E-state index contributed by atoms with van der Waals surface area (Å²) in [6, 6.07) is 13.7. The molecule has 2 heterocycles. The fraction of sp³-hybridized carbons (Fsp3) is 0.227. The zero-order valence-corrected chi connectivity index (χ0v) is 16.5. The van der Waals surface area contributed by atoms with E-state index >= 15 is 0 Å². The maximum atomic E-state index is 14.3. The second-order valence-corrected chi connectivity index (χ2v) is 7.53. The van der Waals surface area contributed by atoms with Crippen LogP contribution >= 0.6 is 11.3 Å². The summed E-state index contributed by atoms with van der Waals surface area (Å²) in [5.74, 6) is 0.468. The average Bonchev–Trinajstić information content (AvgIpc) is 3.26. The fourth-order valence-corrected chi connectivity index (χ4v) is 4.56. The first-order valence-electron chi connectivity index (χ1n) is 8.97. The molecule has 0 spiro atoms. The smallest absolute Gasteiger partial charge is 0.257 e. The van der Waals surface area contributed by atoms with E-state index in [4.69, 9.17) is 9.47 Å². The first-order chi connectivity index (χ1) is 13.6. The minimum absolute atomic E-state index is 0.0907. The Morgan fingerprint density at radius 3 is 2.54 bits per heavy atom. The maximum absolute atomic E-state index is 14.3. The Hall–Kier alpha value is -2.86. The van der Waals surface area contributed by atoms with Crippen molar-refractivity contribution in [1.82, 2.24) is 4.90 Å². The summed E-state index contributed by atoms with van der Waals surface area (Å²) in [7, 11) is 3.20. The molecule has 1 unspecified atom stereocenters. The van der Waals surface area contributed by atoms with E-state index in [-0.39, 0.29) is 17.5 Å². The predicted octanol–water partition coefficient (Wildman–Crippen LogP) is 4.69. The quantitative estimate of drug-likeness (QED) is 0.641. The number of hydrogen-bond donors (Lipinski definition) is 0. The molecule has 2 aromatic carbocycles. The van der Waals surface area contributed by atoms with Crippen molar-refractivity contribution in [1.29, 1.82) is 0 Å². The van der Waals surface area contributed by atoms with Gasteiger partial charge < -0.3 is 14.4 Å². The third-order valence-corrected chi connectivity index (χ3v) is 5.98. The highest BCUT2D eigenvalue weighted by Crippen LogP contribution is 2.42. The number of halogens is 1. The Morgan fingerprint density at radius 2 is 1.86 bits per heavy atom. The van der Waals surface area contributed by atoms with Crippen LogP contribution in [0.25, 0.3) is 0 Å². The van der Waals surface area contributed by atoms with Gasteiger partial charge in [-0.2, -0.15) is 0 Å². The molecule has 1 aromatic heterocycles. The number of fused-ring (bicyclic) bond motifs is 1. The predicted molar refractivity (Wildman–Crippen MR) is 107 cm³/mol. The number of methoxy groups -OCH3 is 2. The molecule has 0 saturated carbocycles. The lowest BCUT2D eigenvalue weighted by Gasteiger charge is -2.37. The van der Waals surface area contributed by atoms with Crippen LogP contribution in [-0.4, -0.2) is 31.6 Å². The van der Waals surface area contributed by atoms with E-state index in [1.165, 1.54) is 12.1 Å². The summed E-state index contributed by atoms with van der Waals surface area (Å²) < 4.78 is 25.2. The highest BCUT2D eigenvalue weighted by molar-refractivity contribution is 7.10. The molecule has 28 heavy (non-hydrogen) atoms. The van der Waals surface area contributed by atoms with Gasteiger partial charge in [0.15, 0.2) is 11.5 Å². The number of carbonyl (C=O) groups is 1. The molecule has 0 aliphatic carbocycles. The number of benzene rings is 2. The van der Waals surface area contributed by atoms with Gasteiger partial charge in [-0.15, -0.1) is 11.3 Å². The van der Waals surface area contributed by atoms with Gasteiger partial charge in [0.1, 0.15) is 5.82 Å². The second kappa shape index (κ2) is 7.64. The van der Waals surface area contributed by atoms with Crippen molar-refractivity contribution in [3.63, 3.8) is 0 Å². The second-order valence-electron chi connectivity index (χ2n) is 6.55. The lowest BCUT2D eigenvalue weighted by Crippen LogP contribution is -2.40. The van der Waals surface area contributed by atoms with Crippen LogP contribution in [0.3, 0.4) is 0 Å². The third-order valence-electron chi connectivity index (χ3n) is 5.05. The summed E-state index contributed by atoms with van der Waals surface area (Å²) in [5.41, 5.74) is 2.18. The first-order valence-corrected chi connectivity index (χ1v) is 9.85. The number of rotatable bonds is 4. The Bertz CT molecular complexity index is 1000. The van der Waals surface area contributed by atoms with Gasteiger partial charge in [0.05, 0.1) is 25.8 Å². The molecule has 4 nitrogen and oxygen atoms in total. The van der Waals surface area contributed by atoms with E-state index in [9.17, 15) is 9.18 Å². The van der Waals surface area contributed by atoms with Crippen LogP contribution in [0.15, 0.2) is 53.9 Å². The fourth-order valence-electron chi connectivity index (χ4n) is 3.71. The van der Waals surface area contributed by atoms with E-state index in [1.54, 1.807) is 42.6 Å². The number of amides is 1. The number of ether oxygens (including phenoxy) is 2. The molecule has 144 valence electrons. The zero-order chi connectivity index (χ0) is 19.7. The van der Waals surface area contributed by atoms with Crippen molar-refractivity contribution < 1.29 is 18.7 Å². The SMILES string of the molecule is COc1cc2c(cc1OC)C(c1cccs1)N(C(=O)c1ccccc1F)CC2. The molecule has 4 rings (SSSR count). The van der Waals surface area contributed by atoms with Crippen LogP contribution in [0, 0.1) is 5.82 Å². The Morgan fingerprint density at radius 1 is 1.11 bits per heavy atom. The van der Waals surface area contributed by atoms with Gasteiger partial charge in [0.25, 0.3) is 5.91 Å². The monoisotopic (exact) mass is 397 g/mol. The van der Waals surface area contributed by atoms with Crippen LogP contribution in [0.1, 0.15) is 32.4 Å². The number of thiophene rings is 1. The van der Waals surface area contributed by atoms with Gasteiger partial charge in [-0.25, -0.2) is 4.39 Å². The van der Waals surface area contributed by atoms with E-state index < -0.39 is 5.82 Å². The van der Waals surface area contributed by atoms with Gasteiger partial charge in [0, 0.05) is 11.4 Å². The van der Waals surface area contributed by atoms with Crippen molar-refractivity contribution in [2.45, 2.75) is 12.5 Å². The average molecular weight is 397 g/mol. The number of nitrogens with zero attached hydrogens (tertiary/aromatic N) is 1. The zero-order valence-electron chi connectivity index (χ0n) is 15.6. The van der Waals surface area contributed by atoms with Gasteiger partial charge in [0.2, 0.25) is 0 Å². The molecular formula is C22H20FNO3S. The Labute approximate surface area is 167 Å². The molecular weight excluding hydrogens is 377 g/mol. The van der Waals surface area contributed by atoms with Crippen LogP contribution in [0.5, 0.6) is 11.5 Å². The third kappa shape index (κ3) is 3.14. The van der Waals surface area contributed by atoms with Crippen molar-refractivity contribution in [3.05, 3.63) is 81.3 Å². The highest BCUT2D eigenvalue weighted by Gasteiger charge is 2.35. The van der Waals surface area contributed by atoms with Crippen molar-refractivity contribution in [2.24, 2.45) is 0 Å². The van der Waals surface area contributed by atoms with E-state index in [2.05, 4.69) is 0 Å². The normalized spacial score (nSPS) is 15.8. The minimum Gasteiger partial charge on any atom is -0.493 e. The Balaban J connectivity index is 1.84. The van der Waals surface area contributed by atoms with Gasteiger partial charge in [-0.1, -0.05) is 18.2 Å². The summed E-state index contributed by atoms with van der Waals surface area (Å²) in [6.07, 6.45) is 0.664. The standard InChI is InChI=1S/C22H20FNO3S/c1-26-18-12-14-9-10-24(22(25)15-6-3-4-7-17(15)23)21(20-8-5-11-28-20)16(14)13-19(18)27-2/h3-8,11-13,21H,9-10H2,1-2H3. The van der Waals surface area contributed by atoms with Crippen LogP contribution in [0.4, 0.5) is 4.39 Å². The molecule has 1 aliphatic heterocycles. The largest absolute Gasteiger partial charge is 0.493 e. The highest BCUT2D eigenvalue weighted by atomic mass is 32.1. The molecule has 0 bridgehead atoms. The van der Waals surface area contributed by atoms with Crippen LogP contribution in [0.2, 0.25) is 0 Å². The van der Waals surface area contributed by atoms with Crippen LogP contribution < -0.4 is 9.47 Å². The van der Waals surface area contributed by atoms with E-state index in [0.717, 1.165) is 16.0 Å². The molecule has 0 N–H and O–H groups in total. The molecule has 3 aromatic rings. The molecule has 0 radical (unpaired) electrons. The molecule has 1 amide bonds. The molecule has 6 heteroatoms. The lowest BCUT2D eigenvalue weighted by atomic mass is 9.90. The summed E-state index contributed by atoms with van der Waals surface area (Å²) in [6.45, 7) is 0.498. The van der Waals surface area contributed by atoms with E-state index in [0.29, 0.717) is 24.5 Å². The first kappa shape index (κ1) is 18.5. The Kier molecular flexibility index (Phi) is 5.05. The van der Waals surface area contributed by atoms with E-state index in [1.807, 2.05) is 29.6 Å². The number of carbonyl (C=O) groups excluding carboxylic acids is 1. The minimum atomic E-state index is -0.504. The summed E-state index contributed by atoms with van der Waals surface area (Å²) in [4.78, 5) is 16.0. The maximum Gasteiger partial charge on any atom is 0.257 e. The molecule has 0 fully saturated rings. The van der Waals surface area contributed by atoms with Gasteiger partial charge in [-0.3, -0.25) is 4.79 Å². The van der Waals surface area contributed by atoms with Gasteiger partial charge >= 0.3 is 0 Å². The van der Waals surface area contributed by atoms with Crippen molar-refractivity contribution in [3.8, 4) is 11.5 Å². The lowest BCUT2D eigenvalue weighted by molar-refractivity contribution is 0.0692. The molecule has 1 atom stereocenters. The summed E-state index contributed by atoms with van der Waals surface area (Å²) in [5, 5.41) is 1.98. The van der Waals surface area contributed by atoms with Crippen molar-refractivity contribution in [2.75, 3.05) is 20.8 Å².